The van der Waals surface area contributed by atoms with Gasteiger partial charge in [0.1, 0.15) is 61.0 Å². The van der Waals surface area contributed by atoms with Crippen molar-refractivity contribution in [1.29, 1.82) is 0 Å². The molecule has 1 aromatic heterocycles. The third-order valence-corrected chi connectivity index (χ3v) is 12.1. The van der Waals surface area contributed by atoms with Gasteiger partial charge in [-0.1, -0.05) is 65.2 Å². The maximum Gasteiger partial charge on any atom is 0.330 e. The quantitative estimate of drug-likeness (QED) is 0.0422. The number of hydrogen-bond donors (Lipinski definition) is 8. The zero-order valence-corrected chi connectivity index (χ0v) is 37.3. The number of nitrogens with one attached hydrogen (secondary N) is 1. The van der Waals surface area contributed by atoms with Gasteiger partial charge in [0.2, 0.25) is 5.91 Å². The number of hydrogen-bond acceptors (Lipinski definition) is 18. The van der Waals surface area contributed by atoms with Crippen LogP contribution in [0, 0.1) is 5.92 Å². The fourth-order valence-electron chi connectivity index (χ4n) is 8.60. The van der Waals surface area contributed by atoms with Gasteiger partial charge in [0, 0.05) is 45.2 Å². The molecule has 3 aliphatic rings. The molecule has 3 aliphatic heterocycles. The SMILES string of the molecule is CCCCCCCCCCCC(CC(=O)OC1CN(C)C(C(O[C@@H]2O[C@H](CN)[C@H](O)[C@@H]2O)[C@H]2O[C@@H](n3ccc(=O)[nH]c3=O)[C@H](O)[C@@H]2O)C(=O)N(C)C1C(=O)O)OC(=O)CC(C)CC(=O)O. The molecule has 0 saturated carbocycles. The average Bonchev–Trinajstić information content (AvgIpc) is 3.64. The van der Waals surface area contributed by atoms with Gasteiger partial charge < -0.3 is 65.0 Å². The van der Waals surface area contributed by atoms with Crippen molar-refractivity contribution in [3.05, 3.63) is 33.1 Å². The summed E-state index contributed by atoms with van der Waals surface area (Å²) < 4.78 is 30.0. The molecule has 14 atom stereocenters. The number of rotatable bonds is 25. The van der Waals surface area contributed by atoms with E-state index in [1.165, 1.54) is 24.8 Å². The largest absolute Gasteiger partial charge is 0.481 e. The van der Waals surface area contributed by atoms with Gasteiger partial charge in [-0.15, -0.1) is 0 Å². The van der Waals surface area contributed by atoms with Crippen LogP contribution in [0.2, 0.25) is 0 Å². The van der Waals surface area contributed by atoms with E-state index in [9.17, 15) is 59.1 Å². The molecule has 1 amide bonds. The number of ether oxygens (including phenoxy) is 5. The van der Waals surface area contributed by atoms with Crippen LogP contribution in [-0.4, -0.2) is 180 Å². The van der Waals surface area contributed by atoms with Gasteiger partial charge in [-0.3, -0.25) is 38.4 Å². The Bertz CT molecular complexity index is 1860. The third-order valence-electron chi connectivity index (χ3n) is 12.1. The summed E-state index contributed by atoms with van der Waals surface area (Å²) in [5, 5.41) is 63.7. The number of amides is 1. The second-order valence-electron chi connectivity index (χ2n) is 17.3. The van der Waals surface area contributed by atoms with Crippen LogP contribution >= 0.6 is 0 Å². The third kappa shape index (κ3) is 14.3. The molecule has 23 heteroatoms. The number of aliphatic carboxylic acids is 2. The average molecular weight is 930 g/mol. The number of likely N-dealkylation sites (N-methyl/N-ethyl adjacent to an activating group) is 2. The van der Waals surface area contributed by atoms with Crippen molar-refractivity contribution in [2.45, 2.75) is 177 Å². The van der Waals surface area contributed by atoms with Crippen LogP contribution in [0.3, 0.4) is 0 Å². The van der Waals surface area contributed by atoms with E-state index in [4.69, 9.17) is 34.5 Å². The summed E-state index contributed by atoms with van der Waals surface area (Å²) in [7, 11) is 2.46. The molecule has 3 saturated heterocycles. The van der Waals surface area contributed by atoms with Crippen LogP contribution in [0.25, 0.3) is 0 Å². The molecular formula is C42H67N5O18. The first-order valence-corrected chi connectivity index (χ1v) is 22.3. The molecule has 4 heterocycles. The molecule has 1 aromatic rings. The number of H-pyrrole nitrogens is 1. The van der Waals surface area contributed by atoms with Crippen LogP contribution in [-0.2, 0) is 47.7 Å². The second kappa shape index (κ2) is 25.0. The fourth-order valence-corrected chi connectivity index (χ4v) is 8.60. The van der Waals surface area contributed by atoms with Gasteiger partial charge >= 0.3 is 29.6 Å². The molecule has 0 radical (unpaired) electrons. The van der Waals surface area contributed by atoms with Crippen molar-refractivity contribution in [3.63, 3.8) is 0 Å². The number of unbranched alkanes of at least 4 members (excludes halogenated alkanes) is 8. The molecule has 4 rings (SSSR count). The number of carbonyl (C=O) groups excluding carboxylic acids is 3. The van der Waals surface area contributed by atoms with Crippen LogP contribution in [0.4, 0.5) is 0 Å². The molecule has 368 valence electrons. The van der Waals surface area contributed by atoms with Crippen molar-refractivity contribution >= 4 is 29.8 Å². The number of carboxylic acids is 2. The number of carbonyl (C=O) groups is 5. The van der Waals surface area contributed by atoms with Crippen LogP contribution in [0.15, 0.2) is 21.9 Å². The number of carboxylic acid groups (broad SMARTS) is 2. The Hall–Kier alpha value is -4.33. The Morgan fingerprint density at radius 3 is 2.09 bits per heavy atom. The maximum atomic E-state index is 14.5. The van der Waals surface area contributed by atoms with Crippen LogP contribution in [0.5, 0.6) is 0 Å². The van der Waals surface area contributed by atoms with Crippen molar-refractivity contribution in [2.75, 3.05) is 27.2 Å². The summed E-state index contributed by atoms with van der Waals surface area (Å²) in [6, 6.07) is -2.56. The summed E-state index contributed by atoms with van der Waals surface area (Å²) in [4.78, 5) is 93.9. The molecule has 0 aromatic carbocycles. The highest BCUT2D eigenvalue weighted by atomic mass is 16.7. The summed E-state index contributed by atoms with van der Waals surface area (Å²) >= 11 is 0. The minimum atomic E-state index is -1.95. The Morgan fingerprint density at radius 2 is 1.51 bits per heavy atom. The zero-order chi connectivity index (χ0) is 48.1. The highest BCUT2D eigenvalue weighted by Gasteiger charge is 2.57. The lowest BCUT2D eigenvalue weighted by molar-refractivity contribution is -0.233. The first-order chi connectivity index (χ1) is 30.8. The maximum absolute atomic E-state index is 14.5. The van der Waals surface area contributed by atoms with Gasteiger partial charge in [-0.05, 0) is 25.8 Å². The topological polar surface area (TPSA) is 340 Å². The van der Waals surface area contributed by atoms with E-state index in [1.807, 2.05) is 4.98 Å². The Labute approximate surface area is 375 Å². The van der Waals surface area contributed by atoms with Crippen molar-refractivity contribution in [2.24, 2.45) is 11.7 Å². The fraction of sp³-hybridized carbons (Fsp3) is 0.786. The van der Waals surface area contributed by atoms with E-state index in [-0.39, 0.29) is 25.8 Å². The Morgan fingerprint density at radius 1 is 0.862 bits per heavy atom. The lowest BCUT2D eigenvalue weighted by Crippen LogP contribution is -2.59. The van der Waals surface area contributed by atoms with Gasteiger partial charge in [-0.2, -0.15) is 0 Å². The highest BCUT2D eigenvalue weighted by Crippen LogP contribution is 2.36. The summed E-state index contributed by atoms with van der Waals surface area (Å²) in [6.07, 6.45) is -8.65. The molecule has 0 spiro atoms. The summed E-state index contributed by atoms with van der Waals surface area (Å²) in [5.74, 6) is -5.91. The summed E-state index contributed by atoms with van der Waals surface area (Å²) in [6.45, 7) is 2.95. The number of aliphatic hydroxyl groups excluding tert-OH is 4. The minimum absolute atomic E-state index is 0.227. The lowest BCUT2D eigenvalue weighted by atomic mass is 9.97. The highest BCUT2D eigenvalue weighted by molar-refractivity contribution is 5.88. The molecular weight excluding hydrogens is 862 g/mol. The van der Waals surface area contributed by atoms with Gasteiger partial charge in [0.05, 0.1) is 6.42 Å². The van der Waals surface area contributed by atoms with Gasteiger partial charge in [-0.25, -0.2) is 9.59 Å². The lowest BCUT2D eigenvalue weighted by Gasteiger charge is -2.38. The first kappa shape index (κ1) is 53.3. The Balaban J connectivity index is 1.59. The number of aromatic amines is 1. The van der Waals surface area contributed by atoms with E-state index in [2.05, 4.69) is 6.92 Å². The number of nitrogens with two attached hydrogens (primary N) is 1. The van der Waals surface area contributed by atoms with Crippen LogP contribution < -0.4 is 17.0 Å². The molecule has 9 N–H and O–H groups in total. The predicted octanol–water partition coefficient (Wildman–Crippen LogP) is -1.19. The van der Waals surface area contributed by atoms with E-state index < -0.39 is 139 Å². The Kier molecular flexibility index (Phi) is 20.5. The van der Waals surface area contributed by atoms with Gasteiger partial charge in [0.15, 0.2) is 18.6 Å². The summed E-state index contributed by atoms with van der Waals surface area (Å²) in [5.41, 5.74) is 3.91. The standard InChI is InChI=1S/C42H67N5O18/c1-5-6-7-8-9-10-11-12-13-14-23(61-28(51)18-22(2)17-27(49)50)19-29(52)62-25-21-45(3)31(38(57)46(4)30(25)40(58)59)36(65-41-35(56)32(53)24(20-43)63-41)37-33(54)34(55)39(64-37)47-16-15-26(48)44-42(47)60/h15-16,22-25,30-37,39,41,53-56H,5-14,17-21,43H2,1-4H3,(H,49,50)(H,58,59)(H,44,48,60)/t22?,23?,24-,25?,30?,31?,32+,33+,34-,35+,36?,37+,39-,41+/m1/s1. The second-order valence-corrected chi connectivity index (χ2v) is 17.3. The zero-order valence-electron chi connectivity index (χ0n) is 37.3. The molecule has 0 aliphatic carbocycles. The van der Waals surface area contributed by atoms with Crippen molar-refractivity contribution < 1.29 is 78.3 Å². The molecule has 3 fully saturated rings. The van der Waals surface area contributed by atoms with E-state index in [0.717, 1.165) is 67.3 Å². The minimum Gasteiger partial charge on any atom is -0.481 e. The monoisotopic (exact) mass is 929 g/mol. The smallest absolute Gasteiger partial charge is 0.330 e. The first-order valence-electron chi connectivity index (χ1n) is 22.3. The molecule has 23 nitrogen and oxygen atoms in total. The van der Waals surface area contributed by atoms with Crippen LogP contribution in [0.1, 0.15) is 104 Å². The predicted molar refractivity (Wildman–Crippen MR) is 225 cm³/mol. The number of nitrogens with zero attached hydrogens (tertiary/aromatic N) is 3. The number of aromatic nitrogens is 2. The van der Waals surface area contributed by atoms with Crippen molar-refractivity contribution in [1.82, 2.24) is 19.4 Å². The normalized spacial score (nSPS) is 29.8. The number of aliphatic hydroxyl groups is 4. The molecule has 65 heavy (non-hydrogen) atoms. The van der Waals surface area contributed by atoms with Gasteiger partial charge in [0.25, 0.3) is 5.56 Å². The number of esters is 2. The van der Waals surface area contributed by atoms with Crippen molar-refractivity contribution in [3.8, 4) is 0 Å². The van der Waals surface area contributed by atoms with E-state index >= 15 is 0 Å². The van der Waals surface area contributed by atoms with E-state index in [1.54, 1.807) is 6.92 Å². The molecule has 0 bridgehead atoms. The van der Waals surface area contributed by atoms with E-state index in [0.29, 0.717) is 6.42 Å². The molecule has 6 unspecified atom stereocenters.